The number of halogens is 1. The summed E-state index contributed by atoms with van der Waals surface area (Å²) in [5.74, 6) is 1.21. The fraction of sp³-hybridized carbons (Fsp3) is 0.571. The molecular formula is C7H10BrN3. The van der Waals surface area contributed by atoms with Gasteiger partial charge in [0.25, 0.3) is 0 Å². The molecule has 1 aromatic rings. The van der Waals surface area contributed by atoms with Crippen LogP contribution in [0.25, 0.3) is 0 Å². The molecular weight excluding hydrogens is 206 g/mol. The van der Waals surface area contributed by atoms with Crippen LogP contribution in [0.15, 0.2) is 4.47 Å². The molecule has 0 bridgehead atoms. The van der Waals surface area contributed by atoms with Gasteiger partial charge in [0.05, 0.1) is 16.7 Å². The number of aromatic nitrogens is 2. The molecule has 0 fully saturated rings. The van der Waals surface area contributed by atoms with Gasteiger partial charge in [-0.1, -0.05) is 0 Å². The summed E-state index contributed by atoms with van der Waals surface area (Å²) < 4.78 is 3.18. The van der Waals surface area contributed by atoms with Crippen LogP contribution in [0.2, 0.25) is 0 Å². The molecule has 1 aliphatic rings. The van der Waals surface area contributed by atoms with Crippen molar-refractivity contribution in [2.24, 2.45) is 0 Å². The van der Waals surface area contributed by atoms with Gasteiger partial charge in [-0.3, -0.25) is 0 Å². The molecule has 0 spiro atoms. The van der Waals surface area contributed by atoms with Gasteiger partial charge in [0.1, 0.15) is 5.82 Å². The van der Waals surface area contributed by atoms with E-state index in [0.717, 1.165) is 23.3 Å². The number of likely N-dealkylation sites (N-methyl/N-ethyl adjacent to an activating group) is 1. The monoisotopic (exact) mass is 215 g/mol. The minimum absolute atomic E-state index is 1.01. The molecule has 0 aromatic carbocycles. The van der Waals surface area contributed by atoms with Gasteiger partial charge < -0.3 is 4.90 Å². The number of rotatable bonds is 0. The first kappa shape index (κ1) is 7.16. The van der Waals surface area contributed by atoms with Crippen LogP contribution in [0.4, 0.5) is 5.82 Å². The van der Waals surface area contributed by atoms with Crippen molar-refractivity contribution >= 4 is 21.7 Å². The van der Waals surface area contributed by atoms with E-state index >= 15 is 0 Å². The van der Waals surface area contributed by atoms with Gasteiger partial charge in [-0.15, -0.1) is 0 Å². The maximum atomic E-state index is 4.37. The Balaban J connectivity index is 2.58. The van der Waals surface area contributed by atoms with Crippen molar-refractivity contribution in [2.75, 3.05) is 18.5 Å². The lowest BCUT2D eigenvalue weighted by atomic mass is 10.4. The fourth-order valence-corrected chi connectivity index (χ4v) is 2.01. The van der Waals surface area contributed by atoms with Crippen LogP contribution in [0, 0.1) is 6.92 Å². The first-order valence-corrected chi connectivity index (χ1v) is 4.43. The van der Waals surface area contributed by atoms with Gasteiger partial charge >= 0.3 is 0 Å². The number of hydrogen-bond donors (Lipinski definition) is 0. The minimum atomic E-state index is 1.01. The third kappa shape index (κ3) is 0.888. The van der Waals surface area contributed by atoms with E-state index in [2.05, 4.69) is 33.0 Å². The van der Waals surface area contributed by atoms with Crippen LogP contribution < -0.4 is 4.90 Å². The molecule has 1 aliphatic heterocycles. The van der Waals surface area contributed by atoms with Crippen LogP contribution >= 0.6 is 15.9 Å². The molecule has 1 aromatic heterocycles. The Labute approximate surface area is 74.1 Å². The van der Waals surface area contributed by atoms with E-state index in [9.17, 15) is 0 Å². The average Bonchev–Trinajstić information content (AvgIpc) is 2.41. The van der Waals surface area contributed by atoms with Crippen molar-refractivity contribution in [1.82, 2.24) is 9.78 Å². The molecule has 0 N–H and O–H groups in total. The number of anilines is 1. The highest BCUT2D eigenvalue weighted by Gasteiger charge is 2.21. The van der Waals surface area contributed by atoms with Crippen molar-refractivity contribution in [3.8, 4) is 0 Å². The number of aryl methyl sites for hydroxylation is 1. The Morgan fingerprint density at radius 1 is 1.45 bits per heavy atom. The molecule has 60 valence electrons. The third-order valence-electron chi connectivity index (χ3n) is 2.04. The van der Waals surface area contributed by atoms with Crippen LogP contribution in [-0.2, 0) is 6.54 Å². The van der Waals surface area contributed by atoms with E-state index in [-0.39, 0.29) is 0 Å². The molecule has 0 atom stereocenters. The zero-order chi connectivity index (χ0) is 8.01. The summed E-state index contributed by atoms with van der Waals surface area (Å²) in [5.41, 5.74) is 1.08. The summed E-state index contributed by atoms with van der Waals surface area (Å²) in [4.78, 5) is 2.21. The average molecular weight is 216 g/mol. The van der Waals surface area contributed by atoms with E-state index in [1.807, 2.05) is 11.6 Å². The molecule has 0 amide bonds. The van der Waals surface area contributed by atoms with Crippen molar-refractivity contribution < 1.29 is 0 Å². The quantitative estimate of drug-likeness (QED) is 0.653. The Kier molecular flexibility index (Phi) is 1.45. The van der Waals surface area contributed by atoms with E-state index in [1.54, 1.807) is 0 Å². The van der Waals surface area contributed by atoms with Crippen molar-refractivity contribution in [2.45, 2.75) is 13.5 Å². The number of fused-ring (bicyclic) bond motifs is 1. The maximum absolute atomic E-state index is 4.37. The van der Waals surface area contributed by atoms with Gasteiger partial charge in [0.2, 0.25) is 0 Å². The lowest BCUT2D eigenvalue weighted by Gasteiger charge is -2.08. The van der Waals surface area contributed by atoms with Crippen molar-refractivity contribution in [3.05, 3.63) is 10.2 Å². The smallest absolute Gasteiger partial charge is 0.141 e. The second-order valence-electron chi connectivity index (χ2n) is 2.87. The molecule has 0 saturated carbocycles. The zero-order valence-corrected chi connectivity index (χ0v) is 8.22. The molecule has 11 heavy (non-hydrogen) atoms. The third-order valence-corrected chi connectivity index (χ3v) is 2.97. The fourth-order valence-electron chi connectivity index (χ4n) is 1.42. The van der Waals surface area contributed by atoms with Crippen LogP contribution in [0.3, 0.4) is 0 Å². The second kappa shape index (κ2) is 2.24. The Morgan fingerprint density at radius 3 is 2.82 bits per heavy atom. The molecule has 0 aliphatic carbocycles. The lowest BCUT2D eigenvalue weighted by molar-refractivity contribution is 0.683. The van der Waals surface area contributed by atoms with Crippen LogP contribution in [-0.4, -0.2) is 23.4 Å². The van der Waals surface area contributed by atoms with Gasteiger partial charge in [-0.05, 0) is 22.9 Å². The molecule has 2 heterocycles. The van der Waals surface area contributed by atoms with Crippen molar-refractivity contribution in [1.29, 1.82) is 0 Å². The number of nitrogens with zero attached hydrogens (tertiary/aromatic N) is 3. The summed E-state index contributed by atoms with van der Waals surface area (Å²) in [6, 6.07) is 0. The minimum Gasteiger partial charge on any atom is -0.357 e. The Morgan fingerprint density at radius 2 is 2.18 bits per heavy atom. The predicted molar refractivity (Wildman–Crippen MR) is 47.9 cm³/mol. The summed E-state index contributed by atoms with van der Waals surface area (Å²) in [6.07, 6.45) is 0. The molecule has 4 heteroatoms. The van der Waals surface area contributed by atoms with E-state index in [0.29, 0.717) is 0 Å². The summed E-state index contributed by atoms with van der Waals surface area (Å²) >= 11 is 3.52. The van der Waals surface area contributed by atoms with E-state index < -0.39 is 0 Å². The SMILES string of the molecule is Cc1nn2c(c1Br)N(C)CC2. The normalized spacial score (nSPS) is 15.7. The predicted octanol–water partition coefficient (Wildman–Crippen LogP) is 1.40. The first-order chi connectivity index (χ1) is 5.20. The molecule has 3 nitrogen and oxygen atoms in total. The molecule has 0 radical (unpaired) electrons. The summed E-state index contributed by atoms with van der Waals surface area (Å²) in [7, 11) is 2.09. The zero-order valence-electron chi connectivity index (χ0n) is 6.63. The van der Waals surface area contributed by atoms with Crippen molar-refractivity contribution in [3.63, 3.8) is 0 Å². The van der Waals surface area contributed by atoms with Crippen LogP contribution in [0.5, 0.6) is 0 Å². The van der Waals surface area contributed by atoms with Gasteiger partial charge in [0, 0.05) is 13.6 Å². The highest BCUT2D eigenvalue weighted by Crippen LogP contribution is 2.31. The summed E-state index contributed by atoms with van der Waals surface area (Å²) in [5, 5.41) is 4.37. The first-order valence-electron chi connectivity index (χ1n) is 3.64. The highest BCUT2D eigenvalue weighted by atomic mass is 79.9. The van der Waals surface area contributed by atoms with Gasteiger partial charge in [-0.25, -0.2) is 4.68 Å². The molecule has 0 saturated heterocycles. The molecule has 2 rings (SSSR count). The topological polar surface area (TPSA) is 21.1 Å². The van der Waals surface area contributed by atoms with Gasteiger partial charge in [-0.2, -0.15) is 5.10 Å². The van der Waals surface area contributed by atoms with Gasteiger partial charge in [0.15, 0.2) is 0 Å². The van der Waals surface area contributed by atoms with E-state index in [1.165, 1.54) is 5.82 Å². The Bertz CT molecular complexity index is 292. The number of hydrogen-bond acceptors (Lipinski definition) is 2. The standard InChI is InChI=1S/C7H10BrN3/c1-5-6(8)7-10(2)3-4-11(7)9-5/h3-4H2,1-2H3. The van der Waals surface area contributed by atoms with Crippen LogP contribution in [0.1, 0.15) is 5.69 Å². The Hall–Kier alpha value is -0.510. The largest absolute Gasteiger partial charge is 0.357 e. The molecule has 0 unspecified atom stereocenters. The second-order valence-corrected chi connectivity index (χ2v) is 3.66. The highest BCUT2D eigenvalue weighted by molar-refractivity contribution is 9.10. The summed E-state index contributed by atoms with van der Waals surface area (Å²) in [6.45, 7) is 4.10. The lowest BCUT2D eigenvalue weighted by Crippen LogP contribution is -2.12. The van der Waals surface area contributed by atoms with E-state index in [4.69, 9.17) is 0 Å². The maximum Gasteiger partial charge on any atom is 0.141 e.